The minimum Gasteiger partial charge on any atom is -0.497 e. The predicted molar refractivity (Wildman–Crippen MR) is 98.8 cm³/mol. The maximum absolute atomic E-state index is 12.8. The molecule has 0 bridgehead atoms. The summed E-state index contributed by atoms with van der Waals surface area (Å²) in [6.07, 6.45) is 0.250. The third-order valence-electron chi connectivity index (χ3n) is 4.39. The maximum atomic E-state index is 12.8. The Kier molecular flexibility index (Phi) is 5.30. The molecule has 0 aromatic heterocycles. The largest absolute Gasteiger partial charge is 0.497 e. The van der Waals surface area contributed by atoms with Gasteiger partial charge in [-0.1, -0.05) is 11.6 Å². The van der Waals surface area contributed by atoms with Crippen LogP contribution in [0.2, 0.25) is 5.02 Å². The Balaban J connectivity index is 1.81. The predicted octanol–water partition coefficient (Wildman–Crippen LogP) is 2.59. The minimum absolute atomic E-state index is 0.0701. The fourth-order valence-electron chi connectivity index (χ4n) is 2.88. The third-order valence-corrected chi connectivity index (χ3v) is 8.71. The van der Waals surface area contributed by atoms with E-state index >= 15 is 0 Å². The molecule has 1 unspecified atom stereocenters. The molecule has 0 aliphatic carbocycles. The number of sulfone groups is 1. The van der Waals surface area contributed by atoms with Crippen molar-refractivity contribution < 1.29 is 21.6 Å². The highest BCUT2D eigenvalue weighted by molar-refractivity contribution is 7.92. The first-order chi connectivity index (χ1) is 12.2. The van der Waals surface area contributed by atoms with Gasteiger partial charge in [0.2, 0.25) is 10.0 Å². The van der Waals surface area contributed by atoms with Gasteiger partial charge in [-0.3, -0.25) is 0 Å². The molecular formula is C17H18ClNO5S2. The van der Waals surface area contributed by atoms with Crippen molar-refractivity contribution in [3.05, 3.63) is 53.6 Å². The fourth-order valence-corrected chi connectivity index (χ4v) is 6.30. The average molecular weight is 416 g/mol. The Bertz CT molecular complexity index is 986. The SMILES string of the molecule is COc1ccc(S(=O)(=O)N2CCC(S(=O)(=O)c3ccc(Cl)cc3)C2)cc1. The highest BCUT2D eigenvalue weighted by Crippen LogP contribution is 2.29. The lowest BCUT2D eigenvalue weighted by Crippen LogP contribution is -2.32. The summed E-state index contributed by atoms with van der Waals surface area (Å²) in [4.78, 5) is 0.262. The standard InChI is InChI=1S/C17H18ClNO5S2/c1-24-14-4-8-16(9-5-14)26(22,23)19-11-10-17(12-19)25(20,21)15-6-2-13(18)3-7-15/h2-9,17H,10-12H2,1H3. The van der Waals surface area contributed by atoms with Crippen molar-refractivity contribution in [1.29, 1.82) is 0 Å². The zero-order chi connectivity index (χ0) is 18.9. The second-order valence-corrected chi connectivity index (χ2v) is 10.6. The van der Waals surface area contributed by atoms with Crippen LogP contribution in [0, 0.1) is 0 Å². The van der Waals surface area contributed by atoms with Gasteiger partial charge in [0.25, 0.3) is 0 Å². The molecular weight excluding hydrogens is 398 g/mol. The van der Waals surface area contributed by atoms with Crippen molar-refractivity contribution in [3.63, 3.8) is 0 Å². The van der Waals surface area contributed by atoms with Gasteiger partial charge in [0.15, 0.2) is 9.84 Å². The highest BCUT2D eigenvalue weighted by Gasteiger charge is 2.39. The van der Waals surface area contributed by atoms with E-state index in [-0.39, 0.29) is 29.3 Å². The molecule has 9 heteroatoms. The molecule has 6 nitrogen and oxygen atoms in total. The van der Waals surface area contributed by atoms with E-state index in [9.17, 15) is 16.8 Å². The van der Waals surface area contributed by atoms with Gasteiger partial charge in [0.05, 0.1) is 22.2 Å². The van der Waals surface area contributed by atoms with Crippen LogP contribution >= 0.6 is 11.6 Å². The van der Waals surface area contributed by atoms with Gasteiger partial charge >= 0.3 is 0 Å². The van der Waals surface area contributed by atoms with E-state index in [0.717, 1.165) is 0 Å². The first kappa shape index (κ1) is 19.2. The number of rotatable bonds is 5. The monoisotopic (exact) mass is 415 g/mol. The molecule has 26 heavy (non-hydrogen) atoms. The number of methoxy groups -OCH3 is 1. The lowest BCUT2D eigenvalue weighted by molar-refractivity contribution is 0.414. The number of hydrogen-bond acceptors (Lipinski definition) is 5. The van der Waals surface area contributed by atoms with Crippen molar-refractivity contribution in [1.82, 2.24) is 4.31 Å². The number of ether oxygens (including phenoxy) is 1. The van der Waals surface area contributed by atoms with Gasteiger partial charge < -0.3 is 4.74 Å². The fraction of sp³-hybridized carbons (Fsp3) is 0.294. The van der Waals surface area contributed by atoms with E-state index < -0.39 is 25.1 Å². The van der Waals surface area contributed by atoms with E-state index in [1.54, 1.807) is 12.1 Å². The zero-order valence-electron chi connectivity index (χ0n) is 14.0. The average Bonchev–Trinajstić information content (AvgIpc) is 3.14. The van der Waals surface area contributed by atoms with Gasteiger partial charge in [-0.2, -0.15) is 4.31 Å². The van der Waals surface area contributed by atoms with E-state index in [1.807, 2.05) is 0 Å². The quantitative estimate of drug-likeness (QED) is 0.749. The molecule has 0 amide bonds. The molecule has 1 fully saturated rings. The summed E-state index contributed by atoms with van der Waals surface area (Å²) in [5.41, 5.74) is 0. The zero-order valence-corrected chi connectivity index (χ0v) is 16.4. The summed E-state index contributed by atoms with van der Waals surface area (Å²) in [6.45, 7) is 0.0885. The third kappa shape index (κ3) is 3.59. The van der Waals surface area contributed by atoms with Gasteiger partial charge in [-0.05, 0) is 55.0 Å². The molecule has 1 aliphatic heterocycles. The molecule has 2 aromatic rings. The molecule has 0 spiro atoms. The summed E-state index contributed by atoms with van der Waals surface area (Å²) < 4.78 is 57.3. The van der Waals surface area contributed by atoms with E-state index in [0.29, 0.717) is 10.8 Å². The van der Waals surface area contributed by atoms with Crippen LogP contribution in [0.25, 0.3) is 0 Å². The Morgan fingerprint density at radius 1 is 0.962 bits per heavy atom. The van der Waals surface area contributed by atoms with Crippen LogP contribution in [0.1, 0.15) is 6.42 Å². The van der Waals surface area contributed by atoms with Crippen molar-refractivity contribution in [3.8, 4) is 5.75 Å². The number of nitrogens with zero attached hydrogens (tertiary/aromatic N) is 1. The van der Waals surface area contributed by atoms with Crippen molar-refractivity contribution in [2.45, 2.75) is 21.5 Å². The van der Waals surface area contributed by atoms with Gasteiger partial charge in [0, 0.05) is 18.1 Å². The molecule has 3 rings (SSSR count). The van der Waals surface area contributed by atoms with Crippen molar-refractivity contribution in [2.24, 2.45) is 0 Å². The number of halogens is 1. The smallest absolute Gasteiger partial charge is 0.243 e. The lowest BCUT2D eigenvalue weighted by Gasteiger charge is -2.17. The van der Waals surface area contributed by atoms with Crippen molar-refractivity contribution in [2.75, 3.05) is 20.2 Å². The molecule has 0 N–H and O–H groups in total. The van der Waals surface area contributed by atoms with Crippen molar-refractivity contribution >= 4 is 31.5 Å². The normalized spacial score (nSPS) is 18.8. The summed E-state index contributed by atoms with van der Waals surface area (Å²) in [5, 5.41) is -0.337. The summed E-state index contributed by atoms with van der Waals surface area (Å²) in [7, 11) is -5.88. The van der Waals surface area contributed by atoms with Gasteiger partial charge in [0.1, 0.15) is 5.75 Å². The van der Waals surface area contributed by atoms with Crippen LogP contribution in [0.4, 0.5) is 0 Å². The van der Waals surface area contributed by atoms with Gasteiger partial charge in [-0.15, -0.1) is 0 Å². The Labute approximate surface area is 158 Å². The van der Waals surface area contributed by atoms with E-state index in [2.05, 4.69) is 0 Å². The summed E-state index contributed by atoms with van der Waals surface area (Å²) >= 11 is 5.80. The molecule has 1 heterocycles. The molecule has 1 atom stereocenters. The molecule has 140 valence electrons. The van der Waals surface area contributed by atoms with Crippen LogP contribution in [0.5, 0.6) is 5.75 Å². The molecule has 0 saturated carbocycles. The van der Waals surface area contributed by atoms with Gasteiger partial charge in [-0.25, -0.2) is 16.8 Å². The summed E-state index contributed by atoms with van der Waals surface area (Å²) in [5.74, 6) is 0.550. The topological polar surface area (TPSA) is 80.8 Å². The second-order valence-electron chi connectivity index (χ2n) is 5.95. The van der Waals surface area contributed by atoms with Crippen LogP contribution < -0.4 is 4.74 Å². The van der Waals surface area contributed by atoms with E-state index in [4.69, 9.17) is 16.3 Å². The van der Waals surface area contributed by atoms with Crippen LogP contribution in [0.15, 0.2) is 58.3 Å². The Morgan fingerprint density at radius 2 is 1.54 bits per heavy atom. The first-order valence-corrected chi connectivity index (χ1v) is 11.3. The summed E-state index contributed by atoms with van der Waals surface area (Å²) in [6, 6.07) is 11.9. The molecule has 1 saturated heterocycles. The molecule has 0 radical (unpaired) electrons. The number of benzene rings is 2. The lowest BCUT2D eigenvalue weighted by atomic mass is 10.3. The maximum Gasteiger partial charge on any atom is 0.243 e. The van der Waals surface area contributed by atoms with Crippen LogP contribution in [0.3, 0.4) is 0 Å². The van der Waals surface area contributed by atoms with Crippen LogP contribution in [-0.4, -0.2) is 46.6 Å². The second kappa shape index (κ2) is 7.19. The highest BCUT2D eigenvalue weighted by atomic mass is 35.5. The first-order valence-electron chi connectivity index (χ1n) is 7.89. The Morgan fingerprint density at radius 3 is 2.12 bits per heavy atom. The number of hydrogen-bond donors (Lipinski definition) is 0. The Hall–Kier alpha value is -1.61. The minimum atomic E-state index is -3.75. The van der Waals surface area contributed by atoms with E-state index in [1.165, 1.54) is 47.8 Å². The number of sulfonamides is 1. The van der Waals surface area contributed by atoms with Crippen LogP contribution in [-0.2, 0) is 19.9 Å². The molecule has 1 aliphatic rings. The molecule has 2 aromatic carbocycles.